The van der Waals surface area contributed by atoms with Gasteiger partial charge in [0.15, 0.2) is 0 Å². The second-order valence-electron chi connectivity index (χ2n) is 5.86. The average Bonchev–Trinajstić information content (AvgIpc) is 2.61. The zero-order valence-electron chi connectivity index (χ0n) is 15.1. The van der Waals surface area contributed by atoms with Crippen LogP contribution in [0.25, 0.3) is 0 Å². The van der Waals surface area contributed by atoms with Crippen LogP contribution in [0, 0.1) is 0 Å². The van der Waals surface area contributed by atoms with E-state index < -0.39 is 15.9 Å². The molecule has 138 valence electrons. The van der Waals surface area contributed by atoms with Crippen LogP contribution in [-0.4, -0.2) is 45.7 Å². The lowest BCUT2D eigenvalue weighted by Gasteiger charge is -2.19. The number of carbonyl (C=O) groups is 2. The highest BCUT2D eigenvalue weighted by Gasteiger charge is 2.18. The summed E-state index contributed by atoms with van der Waals surface area (Å²) < 4.78 is 25.3. The lowest BCUT2D eigenvalue weighted by Crippen LogP contribution is -2.25. The van der Waals surface area contributed by atoms with E-state index in [1.165, 1.54) is 50.2 Å². The summed E-state index contributed by atoms with van der Waals surface area (Å²) in [7, 11) is 0.957. The molecule has 0 heterocycles. The van der Waals surface area contributed by atoms with E-state index >= 15 is 0 Å². The quantitative estimate of drug-likeness (QED) is 0.868. The smallest absolute Gasteiger partial charge is 0.255 e. The molecule has 2 aromatic rings. The van der Waals surface area contributed by atoms with Crippen LogP contribution in [0.4, 0.5) is 11.4 Å². The normalized spacial score (nSPS) is 11.3. The molecule has 2 rings (SSSR count). The van der Waals surface area contributed by atoms with Gasteiger partial charge in [-0.15, -0.1) is 0 Å². The van der Waals surface area contributed by atoms with Gasteiger partial charge in [-0.25, -0.2) is 12.7 Å². The van der Waals surface area contributed by atoms with E-state index in [1.54, 1.807) is 31.3 Å². The molecule has 7 nitrogen and oxygen atoms in total. The molecule has 8 heteroatoms. The van der Waals surface area contributed by atoms with Crippen LogP contribution in [0.3, 0.4) is 0 Å². The van der Waals surface area contributed by atoms with Crippen molar-refractivity contribution in [2.24, 2.45) is 0 Å². The van der Waals surface area contributed by atoms with Gasteiger partial charge in [-0.2, -0.15) is 0 Å². The van der Waals surface area contributed by atoms with Crippen LogP contribution < -0.4 is 10.2 Å². The molecule has 0 saturated heterocycles. The predicted octanol–water partition coefficient (Wildman–Crippen LogP) is 2.17. The van der Waals surface area contributed by atoms with Crippen molar-refractivity contribution in [2.45, 2.75) is 11.8 Å². The van der Waals surface area contributed by atoms with Crippen molar-refractivity contribution in [2.75, 3.05) is 31.4 Å². The Balaban J connectivity index is 2.26. The summed E-state index contributed by atoms with van der Waals surface area (Å²) in [6.45, 7) is 1.43. The Bertz CT molecular complexity index is 922. The van der Waals surface area contributed by atoms with Crippen molar-refractivity contribution in [3.63, 3.8) is 0 Å². The zero-order chi connectivity index (χ0) is 19.5. The molecule has 1 N–H and O–H groups in total. The monoisotopic (exact) mass is 375 g/mol. The first kappa shape index (κ1) is 19.6. The minimum absolute atomic E-state index is 0.107. The van der Waals surface area contributed by atoms with Gasteiger partial charge in [-0.3, -0.25) is 9.59 Å². The fourth-order valence-electron chi connectivity index (χ4n) is 2.23. The largest absolute Gasteiger partial charge is 0.320 e. The first-order valence-electron chi connectivity index (χ1n) is 7.82. The van der Waals surface area contributed by atoms with Crippen LogP contribution >= 0.6 is 0 Å². The third kappa shape index (κ3) is 4.09. The minimum atomic E-state index is -3.55. The second kappa shape index (κ2) is 7.67. The number of carbonyl (C=O) groups excluding carboxylic acids is 2. The Morgan fingerprint density at radius 1 is 0.923 bits per heavy atom. The number of amides is 2. The first-order chi connectivity index (χ1) is 12.1. The van der Waals surface area contributed by atoms with Gasteiger partial charge in [0.05, 0.1) is 16.3 Å². The van der Waals surface area contributed by atoms with Gasteiger partial charge < -0.3 is 10.2 Å². The highest BCUT2D eigenvalue weighted by atomic mass is 32.2. The molecule has 0 unspecified atom stereocenters. The summed E-state index contributed by atoms with van der Waals surface area (Å²) in [5.74, 6) is -0.562. The Labute approximate surface area is 153 Å². The Kier molecular flexibility index (Phi) is 5.79. The maximum atomic E-state index is 12.5. The molecule has 0 aromatic heterocycles. The Morgan fingerprint density at radius 2 is 1.50 bits per heavy atom. The van der Waals surface area contributed by atoms with Crippen LogP contribution in [0.1, 0.15) is 17.3 Å². The lowest BCUT2D eigenvalue weighted by atomic mass is 10.2. The van der Waals surface area contributed by atoms with E-state index in [0.717, 1.165) is 4.31 Å². The van der Waals surface area contributed by atoms with E-state index in [1.807, 2.05) is 0 Å². The first-order valence-corrected chi connectivity index (χ1v) is 9.26. The van der Waals surface area contributed by atoms with Gasteiger partial charge in [-0.1, -0.05) is 12.1 Å². The van der Waals surface area contributed by atoms with E-state index in [2.05, 4.69) is 5.32 Å². The Hall–Kier alpha value is -2.71. The van der Waals surface area contributed by atoms with Gasteiger partial charge in [0.1, 0.15) is 0 Å². The molecule has 2 amide bonds. The molecule has 2 aromatic carbocycles. The second-order valence-corrected chi connectivity index (χ2v) is 8.01. The van der Waals surface area contributed by atoms with Crippen molar-refractivity contribution in [3.05, 3.63) is 54.1 Å². The van der Waals surface area contributed by atoms with Crippen LogP contribution in [0.15, 0.2) is 53.4 Å². The molecule has 26 heavy (non-hydrogen) atoms. The molecule has 0 aliphatic carbocycles. The molecular weight excluding hydrogens is 354 g/mol. The lowest BCUT2D eigenvalue weighted by molar-refractivity contribution is -0.116. The van der Waals surface area contributed by atoms with E-state index in [-0.39, 0.29) is 10.8 Å². The molecule has 0 aliphatic rings. The van der Waals surface area contributed by atoms with Crippen molar-refractivity contribution >= 4 is 33.2 Å². The predicted molar refractivity (Wildman–Crippen MR) is 101 cm³/mol. The Morgan fingerprint density at radius 3 is 2.04 bits per heavy atom. The van der Waals surface area contributed by atoms with E-state index in [0.29, 0.717) is 16.9 Å². The van der Waals surface area contributed by atoms with E-state index in [9.17, 15) is 18.0 Å². The third-order valence-electron chi connectivity index (χ3n) is 3.88. The minimum Gasteiger partial charge on any atom is -0.320 e. The fraction of sp³-hybridized carbons (Fsp3) is 0.222. The summed E-state index contributed by atoms with van der Waals surface area (Å²) in [6, 6.07) is 12.6. The molecule has 0 fully saturated rings. The zero-order valence-corrected chi connectivity index (χ0v) is 15.9. The SMILES string of the molecule is CC(=O)N(C)c1ccccc1NC(=O)c1ccc(S(=O)(=O)N(C)C)cc1. The number of rotatable bonds is 5. The number of anilines is 2. The van der Waals surface area contributed by atoms with Gasteiger partial charge in [-0.05, 0) is 36.4 Å². The molecule has 0 bridgehead atoms. The molecule has 0 saturated carbocycles. The van der Waals surface area contributed by atoms with Gasteiger partial charge in [0.25, 0.3) is 5.91 Å². The molecule has 0 radical (unpaired) electrons. The van der Waals surface area contributed by atoms with Gasteiger partial charge >= 0.3 is 0 Å². The van der Waals surface area contributed by atoms with Crippen molar-refractivity contribution in [1.29, 1.82) is 0 Å². The highest BCUT2D eigenvalue weighted by Crippen LogP contribution is 2.25. The summed E-state index contributed by atoms with van der Waals surface area (Å²) >= 11 is 0. The maximum absolute atomic E-state index is 12.5. The summed E-state index contributed by atoms with van der Waals surface area (Å²) in [5.41, 5.74) is 1.36. The molecule has 0 aliphatic heterocycles. The summed E-state index contributed by atoms with van der Waals surface area (Å²) in [5, 5.41) is 2.75. The number of nitrogens with zero attached hydrogens (tertiary/aromatic N) is 2. The molecule has 0 spiro atoms. The maximum Gasteiger partial charge on any atom is 0.255 e. The summed E-state index contributed by atoms with van der Waals surface area (Å²) in [4.78, 5) is 25.6. The van der Waals surface area contributed by atoms with Gasteiger partial charge in [0.2, 0.25) is 15.9 Å². The fourth-order valence-corrected chi connectivity index (χ4v) is 3.13. The molecule has 0 atom stereocenters. The highest BCUT2D eigenvalue weighted by molar-refractivity contribution is 7.89. The van der Waals surface area contributed by atoms with Gasteiger partial charge in [0, 0.05) is 33.6 Å². The number of nitrogens with one attached hydrogen (secondary N) is 1. The number of para-hydroxylation sites is 2. The third-order valence-corrected chi connectivity index (χ3v) is 5.71. The number of hydrogen-bond acceptors (Lipinski definition) is 4. The van der Waals surface area contributed by atoms with Crippen molar-refractivity contribution in [3.8, 4) is 0 Å². The standard InChI is InChI=1S/C18H21N3O4S/c1-13(22)21(4)17-8-6-5-7-16(17)19-18(23)14-9-11-15(12-10-14)26(24,25)20(2)3/h5-12H,1-4H3,(H,19,23). The van der Waals surface area contributed by atoms with Crippen LogP contribution in [0.5, 0.6) is 0 Å². The number of sulfonamides is 1. The number of hydrogen-bond donors (Lipinski definition) is 1. The van der Waals surface area contributed by atoms with Crippen molar-refractivity contribution in [1.82, 2.24) is 4.31 Å². The topological polar surface area (TPSA) is 86.8 Å². The van der Waals surface area contributed by atoms with Crippen molar-refractivity contribution < 1.29 is 18.0 Å². The summed E-state index contributed by atoms with van der Waals surface area (Å²) in [6.07, 6.45) is 0. The van der Waals surface area contributed by atoms with E-state index in [4.69, 9.17) is 0 Å². The molecular formula is C18H21N3O4S. The number of benzene rings is 2. The average molecular weight is 375 g/mol. The van der Waals surface area contributed by atoms with Crippen LogP contribution in [0.2, 0.25) is 0 Å². The van der Waals surface area contributed by atoms with Crippen LogP contribution in [-0.2, 0) is 14.8 Å².